The first-order valence-electron chi connectivity index (χ1n) is 2.96. The first-order chi connectivity index (χ1) is 3.41. The van der Waals surface area contributed by atoms with Crippen LogP contribution >= 0.6 is 16.5 Å². The van der Waals surface area contributed by atoms with Crippen molar-refractivity contribution in [3.05, 3.63) is 0 Å². The van der Waals surface area contributed by atoms with Gasteiger partial charge in [0.15, 0.2) is 0 Å². The number of rotatable bonds is 4. The molecule has 0 fully saturated rings. The van der Waals surface area contributed by atoms with E-state index in [4.69, 9.17) is 0 Å². The highest BCUT2D eigenvalue weighted by Crippen LogP contribution is 2.35. The van der Waals surface area contributed by atoms with Gasteiger partial charge in [-0.25, -0.2) is 0 Å². The number of hydrogen-bond acceptors (Lipinski definition) is 0. The quantitative estimate of drug-likeness (QED) is 0.412. The van der Waals surface area contributed by atoms with E-state index < -0.39 is 0 Å². The molecule has 2 atom stereocenters. The third-order valence-corrected chi connectivity index (χ3v) is 5.19. The van der Waals surface area contributed by atoms with Gasteiger partial charge >= 0.3 is 0 Å². The Morgan fingerprint density at radius 3 is 2.57 bits per heavy atom. The zero-order chi connectivity index (χ0) is 5.54. The van der Waals surface area contributed by atoms with Crippen molar-refractivity contribution in [2.24, 2.45) is 0 Å². The van der Waals surface area contributed by atoms with Crippen LogP contribution in [0.4, 0.5) is 0 Å². The fourth-order valence-corrected chi connectivity index (χ4v) is 3.52. The molecule has 0 saturated carbocycles. The summed E-state index contributed by atoms with van der Waals surface area (Å²) in [5.41, 5.74) is 0. The van der Waals surface area contributed by atoms with Crippen LogP contribution in [-0.4, -0.2) is 12.3 Å². The molecule has 44 valence electrons. The fraction of sp³-hybridized carbons (Fsp3) is 1.00. The molecule has 0 aromatic heterocycles. The van der Waals surface area contributed by atoms with Crippen molar-refractivity contribution in [2.75, 3.05) is 12.3 Å². The summed E-state index contributed by atoms with van der Waals surface area (Å²) in [6, 6.07) is 0. The van der Waals surface area contributed by atoms with Crippen molar-refractivity contribution < 1.29 is 0 Å². The normalized spacial score (nSPS) is 12.9. The van der Waals surface area contributed by atoms with Gasteiger partial charge in [-0.2, -0.15) is 0 Å². The highest BCUT2D eigenvalue weighted by Gasteiger charge is 1.86. The molecule has 0 radical (unpaired) electrons. The summed E-state index contributed by atoms with van der Waals surface area (Å²) < 4.78 is 0. The molecule has 7 heavy (non-hydrogen) atoms. The summed E-state index contributed by atoms with van der Waals surface area (Å²) in [5.74, 6) is 0. The van der Waals surface area contributed by atoms with Crippen LogP contribution in [0.5, 0.6) is 0 Å². The molecule has 0 aliphatic rings. The minimum absolute atomic E-state index is 0.844. The lowest BCUT2D eigenvalue weighted by Crippen LogP contribution is -1.62. The Kier molecular flexibility index (Phi) is 7.70. The van der Waals surface area contributed by atoms with Crippen molar-refractivity contribution >= 4 is 16.5 Å². The maximum Gasteiger partial charge on any atom is 0.0540 e. The van der Waals surface area contributed by atoms with Gasteiger partial charge in [0.05, 0.1) is 6.16 Å². The molecule has 2 unspecified atom stereocenters. The monoisotopic (exact) mass is 137 g/mol. The van der Waals surface area contributed by atoms with Crippen LogP contribution in [-0.2, 0) is 0 Å². The molecular weight excluding hydrogens is 122 g/mol. The molecule has 0 bridgehead atoms. The third-order valence-electron chi connectivity index (χ3n) is 0.743. The van der Waals surface area contributed by atoms with E-state index in [1.807, 2.05) is 0 Å². The average molecular weight is 137 g/mol. The Bertz CT molecular complexity index is 25.3. The lowest BCUT2D eigenvalue weighted by atomic mass is 10.6. The summed E-state index contributed by atoms with van der Waals surface area (Å²) in [7, 11) is 2.16. The van der Waals surface area contributed by atoms with E-state index in [1.165, 1.54) is 27.0 Å². The Hall–Kier alpha value is 0.860. The lowest BCUT2D eigenvalue weighted by molar-refractivity contribution is 1.11. The van der Waals surface area contributed by atoms with Crippen molar-refractivity contribution in [2.45, 2.75) is 20.3 Å². The van der Waals surface area contributed by atoms with E-state index in [2.05, 4.69) is 13.8 Å². The maximum atomic E-state index is 2.29. The zero-order valence-corrected chi connectivity index (χ0v) is 7.35. The first-order valence-corrected chi connectivity index (χ1v) is 6.80. The maximum absolute atomic E-state index is 2.29. The van der Waals surface area contributed by atoms with E-state index in [9.17, 15) is 0 Å². The van der Waals surface area contributed by atoms with Gasteiger partial charge in [0.2, 0.25) is 0 Å². The molecule has 0 heterocycles. The molecule has 0 aliphatic heterocycles. The minimum atomic E-state index is 0.844. The highest BCUT2D eigenvalue weighted by molar-refractivity contribution is 8.11. The van der Waals surface area contributed by atoms with Crippen LogP contribution in [0.2, 0.25) is 0 Å². The van der Waals surface area contributed by atoms with Gasteiger partial charge in [-0.15, -0.1) is 0 Å². The van der Waals surface area contributed by atoms with Gasteiger partial charge in [-0.3, -0.25) is 0 Å². The predicted molar refractivity (Wildman–Crippen MR) is 43.7 cm³/mol. The number of hydrogen-bond donors (Lipinski definition) is 0. The van der Waals surface area contributed by atoms with Crippen molar-refractivity contribution in [1.82, 2.24) is 0 Å². The highest BCUT2D eigenvalue weighted by atomic mass is 32.0. The molecule has 0 spiro atoms. The van der Waals surface area contributed by atoms with Gasteiger partial charge in [-0.1, -0.05) is 6.92 Å². The Balaban J connectivity index is 2.45. The van der Waals surface area contributed by atoms with Crippen LogP contribution in [0, 0.1) is 0 Å². The average Bonchev–Trinajstić information content (AvgIpc) is 1.69. The molecule has 0 aromatic rings. The van der Waals surface area contributed by atoms with E-state index >= 15 is 0 Å². The molecule has 0 aliphatic carbocycles. The van der Waals surface area contributed by atoms with Crippen LogP contribution in [0.15, 0.2) is 0 Å². The summed E-state index contributed by atoms with van der Waals surface area (Å²) >= 11 is 0. The SMILES string of the molecule is CCCP[PH2+]CC. The minimum Gasteiger partial charge on any atom is -0.0649 e. The standard InChI is InChI=1S/C5H14P2/c1-3-5-7-6-4-2/h6-7H,3-5H2,1-2H3/p+1. The van der Waals surface area contributed by atoms with Gasteiger partial charge in [0.25, 0.3) is 0 Å². The van der Waals surface area contributed by atoms with E-state index in [-0.39, 0.29) is 0 Å². The van der Waals surface area contributed by atoms with Crippen LogP contribution in [0.3, 0.4) is 0 Å². The van der Waals surface area contributed by atoms with Crippen LogP contribution in [0.1, 0.15) is 20.3 Å². The Morgan fingerprint density at radius 2 is 2.14 bits per heavy atom. The smallest absolute Gasteiger partial charge is 0.0540 e. The first kappa shape index (κ1) is 7.86. The molecule has 0 amide bonds. The molecule has 0 saturated heterocycles. The second kappa shape index (κ2) is 6.86. The van der Waals surface area contributed by atoms with Crippen molar-refractivity contribution in [3.63, 3.8) is 0 Å². The molecule has 0 aromatic carbocycles. The van der Waals surface area contributed by atoms with Crippen molar-refractivity contribution in [1.29, 1.82) is 0 Å². The van der Waals surface area contributed by atoms with Gasteiger partial charge in [-0.05, 0) is 19.5 Å². The van der Waals surface area contributed by atoms with E-state index in [0.29, 0.717) is 0 Å². The second-order valence-electron chi connectivity index (χ2n) is 1.57. The lowest BCUT2D eigenvalue weighted by Gasteiger charge is -1.84. The molecule has 2 heteroatoms. The predicted octanol–water partition coefficient (Wildman–Crippen LogP) is 2.42. The van der Waals surface area contributed by atoms with Crippen molar-refractivity contribution in [3.8, 4) is 0 Å². The second-order valence-corrected chi connectivity index (χ2v) is 6.15. The molecule has 0 nitrogen and oxygen atoms in total. The van der Waals surface area contributed by atoms with Gasteiger partial charge < -0.3 is 0 Å². The van der Waals surface area contributed by atoms with E-state index in [1.54, 1.807) is 0 Å². The molecule has 0 N–H and O–H groups in total. The molecule has 0 rings (SSSR count). The van der Waals surface area contributed by atoms with Crippen LogP contribution in [0.25, 0.3) is 0 Å². The summed E-state index contributed by atoms with van der Waals surface area (Å²) in [5, 5.41) is 0. The largest absolute Gasteiger partial charge is 0.0649 e. The van der Waals surface area contributed by atoms with E-state index in [0.717, 1.165) is 8.27 Å². The summed E-state index contributed by atoms with van der Waals surface area (Å²) in [6.07, 6.45) is 4.34. The zero-order valence-electron chi connectivity index (χ0n) is 5.20. The van der Waals surface area contributed by atoms with Crippen LogP contribution < -0.4 is 0 Å². The van der Waals surface area contributed by atoms with Gasteiger partial charge in [0.1, 0.15) is 0 Å². The third kappa shape index (κ3) is 6.86. The summed E-state index contributed by atoms with van der Waals surface area (Å²) in [4.78, 5) is 0. The molecular formula is C5H15P2+. The van der Waals surface area contributed by atoms with Gasteiger partial charge in [0, 0.05) is 16.5 Å². The topological polar surface area (TPSA) is 0 Å². The summed E-state index contributed by atoms with van der Waals surface area (Å²) in [6.45, 7) is 4.56. The Labute approximate surface area is 49.9 Å². The Morgan fingerprint density at radius 1 is 1.43 bits per heavy atom. The fourth-order valence-electron chi connectivity index (χ4n) is 0.391.